The summed E-state index contributed by atoms with van der Waals surface area (Å²) in [6, 6.07) is 11.4. The van der Waals surface area contributed by atoms with Crippen molar-refractivity contribution in [2.75, 3.05) is 13.7 Å². The summed E-state index contributed by atoms with van der Waals surface area (Å²) < 4.78 is 5.58. The quantitative estimate of drug-likeness (QED) is 0.304. The maximum atomic E-state index is 9.60. The number of aliphatic imine (C=N–C) groups is 1. The van der Waals surface area contributed by atoms with Crippen LogP contribution in [-0.2, 0) is 11.2 Å². The molecule has 0 amide bonds. The molecule has 0 spiro atoms. The van der Waals surface area contributed by atoms with Crippen molar-refractivity contribution in [2.24, 2.45) is 10.1 Å². The number of nitrogens with zero attached hydrogens (tertiary/aromatic N) is 2. The van der Waals surface area contributed by atoms with Crippen LogP contribution < -0.4 is 15.9 Å². The number of ether oxygens (including phenoxy) is 1. The maximum Gasteiger partial charge on any atom is 0.332 e. The molecule has 0 fully saturated rings. The van der Waals surface area contributed by atoms with E-state index in [2.05, 4.69) is 22.1 Å². The predicted octanol–water partition coefficient (Wildman–Crippen LogP) is 3.66. The third-order valence-corrected chi connectivity index (χ3v) is 4.37. The van der Waals surface area contributed by atoms with Crippen LogP contribution in [0.2, 0.25) is 10.0 Å². The van der Waals surface area contributed by atoms with E-state index in [1.807, 2.05) is 42.5 Å². The Morgan fingerprint density at radius 2 is 1.97 bits per heavy atom. The van der Waals surface area contributed by atoms with Gasteiger partial charge in [-0.3, -0.25) is 0 Å². The molecule has 0 aliphatic rings. The molecule has 152 valence electrons. The summed E-state index contributed by atoms with van der Waals surface area (Å²) in [4.78, 5) is 4.22. The van der Waals surface area contributed by atoms with Gasteiger partial charge >= 0.3 is 6.02 Å². The number of nitrogens with one attached hydrogen (secondary N) is 1. The monoisotopic (exact) mass is 431 g/mol. The van der Waals surface area contributed by atoms with Crippen molar-refractivity contribution in [3.05, 3.63) is 74.6 Å². The number of benzene rings is 2. The van der Waals surface area contributed by atoms with Crippen LogP contribution >= 0.6 is 23.2 Å². The zero-order chi connectivity index (χ0) is 21.1. The van der Waals surface area contributed by atoms with E-state index in [0.29, 0.717) is 19.4 Å². The molecule has 0 saturated heterocycles. The number of aromatic hydroxyl groups is 1. The first-order valence-corrected chi connectivity index (χ1v) is 9.74. The SMILES string of the molecule is C=c1cccc/c1=C/C=C\CCOC(/N=C\Cc1cc(Cl)c(O)c(Cl)c1)=N/NC. The third kappa shape index (κ3) is 7.64. The van der Waals surface area contributed by atoms with Crippen LogP contribution in [0.4, 0.5) is 0 Å². The van der Waals surface area contributed by atoms with Crippen molar-refractivity contribution in [3.8, 4) is 5.75 Å². The van der Waals surface area contributed by atoms with Crippen LogP contribution in [0.1, 0.15) is 12.0 Å². The molecule has 2 aromatic rings. The second-order valence-electron chi connectivity index (χ2n) is 5.97. The highest BCUT2D eigenvalue weighted by Crippen LogP contribution is 2.32. The molecular formula is C22H23Cl2N3O2. The first kappa shape index (κ1) is 22.5. The van der Waals surface area contributed by atoms with E-state index in [1.165, 1.54) is 0 Å². The predicted molar refractivity (Wildman–Crippen MR) is 122 cm³/mol. The Balaban J connectivity index is 1.86. The Kier molecular flexibility index (Phi) is 9.28. The first-order chi connectivity index (χ1) is 14.0. The summed E-state index contributed by atoms with van der Waals surface area (Å²) in [6.07, 6.45) is 8.81. The molecule has 0 radical (unpaired) electrons. The van der Waals surface area contributed by atoms with Crippen LogP contribution in [0.5, 0.6) is 5.75 Å². The van der Waals surface area contributed by atoms with Gasteiger partial charge in [-0.1, -0.05) is 72.3 Å². The molecule has 7 heteroatoms. The zero-order valence-corrected chi connectivity index (χ0v) is 17.6. The molecule has 29 heavy (non-hydrogen) atoms. The van der Waals surface area contributed by atoms with Gasteiger partial charge in [0.25, 0.3) is 0 Å². The summed E-state index contributed by atoms with van der Waals surface area (Å²) in [5, 5.41) is 16.1. The van der Waals surface area contributed by atoms with Crippen molar-refractivity contribution >= 4 is 48.1 Å². The summed E-state index contributed by atoms with van der Waals surface area (Å²) in [7, 11) is 1.67. The van der Waals surface area contributed by atoms with Crippen LogP contribution in [0.3, 0.4) is 0 Å². The Morgan fingerprint density at radius 3 is 2.66 bits per heavy atom. The van der Waals surface area contributed by atoms with E-state index in [4.69, 9.17) is 27.9 Å². The van der Waals surface area contributed by atoms with E-state index < -0.39 is 0 Å². The van der Waals surface area contributed by atoms with Crippen LogP contribution in [0.15, 0.2) is 58.6 Å². The number of halogens is 2. The van der Waals surface area contributed by atoms with E-state index in [-0.39, 0.29) is 21.8 Å². The second-order valence-corrected chi connectivity index (χ2v) is 6.79. The van der Waals surface area contributed by atoms with Gasteiger partial charge in [-0.15, -0.1) is 5.10 Å². The van der Waals surface area contributed by atoms with Gasteiger partial charge < -0.3 is 15.3 Å². The van der Waals surface area contributed by atoms with Gasteiger partial charge in [0.2, 0.25) is 0 Å². The van der Waals surface area contributed by atoms with Crippen LogP contribution in [0, 0.1) is 0 Å². The standard InChI is InChI=1S/C22H23Cl2N3O2/c1-16-8-5-6-10-18(16)9-4-3-7-13-29-22(27-25-2)26-12-11-17-14-19(23)21(28)20(24)15-17/h3-6,8-10,12,14-15,25,28H,1,7,11,13H2,2H3/b4-3-,18-9-,26-12-,27-22+. The average Bonchev–Trinajstić information content (AvgIpc) is 2.70. The van der Waals surface area contributed by atoms with Gasteiger partial charge in [0.05, 0.1) is 16.7 Å². The van der Waals surface area contributed by atoms with Crippen molar-refractivity contribution in [1.82, 2.24) is 5.43 Å². The molecule has 0 atom stereocenters. The lowest BCUT2D eigenvalue weighted by Gasteiger charge is -2.04. The number of rotatable bonds is 7. The molecule has 0 saturated carbocycles. The molecular weight excluding hydrogens is 409 g/mol. The fraction of sp³-hybridized carbons (Fsp3) is 0.182. The van der Waals surface area contributed by atoms with E-state index in [1.54, 1.807) is 25.4 Å². The maximum absolute atomic E-state index is 9.60. The molecule has 0 heterocycles. The van der Waals surface area contributed by atoms with Crippen molar-refractivity contribution in [3.63, 3.8) is 0 Å². The van der Waals surface area contributed by atoms with Gasteiger partial charge in [0.1, 0.15) is 0 Å². The highest BCUT2D eigenvalue weighted by Gasteiger charge is 2.06. The number of hydrazone groups is 1. The molecule has 0 aliphatic heterocycles. The molecule has 2 rings (SSSR count). The van der Waals surface area contributed by atoms with E-state index in [9.17, 15) is 5.11 Å². The first-order valence-electron chi connectivity index (χ1n) is 8.98. The van der Waals surface area contributed by atoms with Crippen molar-refractivity contribution < 1.29 is 9.84 Å². The smallest absolute Gasteiger partial charge is 0.332 e. The summed E-state index contributed by atoms with van der Waals surface area (Å²) >= 11 is 11.8. The van der Waals surface area contributed by atoms with Crippen molar-refractivity contribution in [1.29, 1.82) is 0 Å². The van der Waals surface area contributed by atoms with Crippen LogP contribution in [-0.4, -0.2) is 31.0 Å². The molecule has 0 bridgehead atoms. The van der Waals surface area contributed by atoms with E-state index >= 15 is 0 Å². The molecule has 0 aromatic heterocycles. The largest absolute Gasteiger partial charge is 0.505 e. The minimum atomic E-state index is -0.126. The fourth-order valence-electron chi connectivity index (χ4n) is 2.34. The Labute approximate surface area is 180 Å². The topological polar surface area (TPSA) is 66.2 Å². The lowest BCUT2D eigenvalue weighted by atomic mass is 10.1. The summed E-state index contributed by atoms with van der Waals surface area (Å²) in [5.74, 6) is -0.126. The summed E-state index contributed by atoms with van der Waals surface area (Å²) in [5.41, 5.74) is 3.48. The van der Waals surface area contributed by atoms with Gasteiger partial charge in [-0.25, -0.2) is 4.99 Å². The third-order valence-electron chi connectivity index (χ3n) is 3.80. The number of amidine groups is 1. The highest BCUT2D eigenvalue weighted by atomic mass is 35.5. The highest BCUT2D eigenvalue weighted by molar-refractivity contribution is 6.37. The van der Waals surface area contributed by atoms with Crippen molar-refractivity contribution in [2.45, 2.75) is 12.8 Å². The molecule has 0 aliphatic carbocycles. The van der Waals surface area contributed by atoms with Gasteiger partial charge in [-0.05, 0) is 34.6 Å². The minimum Gasteiger partial charge on any atom is -0.505 e. The number of hydrogen-bond donors (Lipinski definition) is 2. The number of phenolic OH excluding ortho intramolecular Hbond substituents is 1. The van der Waals surface area contributed by atoms with Gasteiger partial charge in [0, 0.05) is 19.7 Å². The van der Waals surface area contributed by atoms with Gasteiger partial charge in [0.15, 0.2) is 5.75 Å². The molecule has 5 nitrogen and oxygen atoms in total. The fourth-order valence-corrected chi connectivity index (χ4v) is 2.87. The minimum absolute atomic E-state index is 0.126. The lowest BCUT2D eigenvalue weighted by Crippen LogP contribution is -2.21. The van der Waals surface area contributed by atoms with Gasteiger partial charge in [-0.2, -0.15) is 0 Å². The Hall–Kier alpha value is -2.76. The zero-order valence-electron chi connectivity index (χ0n) is 16.1. The average molecular weight is 432 g/mol. The molecule has 2 N–H and O–H groups in total. The number of phenols is 1. The summed E-state index contributed by atoms with van der Waals surface area (Å²) in [6.45, 7) is 4.42. The molecule has 2 aromatic carbocycles. The number of hydrogen-bond acceptors (Lipinski definition) is 4. The number of allylic oxidation sites excluding steroid dienone is 1. The van der Waals surface area contributed by atoms with E-state index in [0.717, 1.165) is 16.0 Å². The normalized spacial score (nSPS) is 12.8. The lowest BCUT2D eigenvalue weighted by molar-refractivity contribution is 0.304. The van der Waals surface area contributed by atoms with Crippen LogP contribution in [0.25, 0.3) is 12.7 Å². The Bertz CT molecular complexity index is 994. The molecule has 0 unspecified atom stereocenters. The second kappa shape index (κ2) is 11.9. The Morgan fingerprint density at radius 1 is 1.24 bits per heavy atom.